The molecule has 0 spiro atoms. The van der Waals surface area contributed by atoms with Crippen molar-refractivity contribution >= 4 is 87.2 Å². The molecule has 0 aliphatic rings. The molecule has 0 unspecified atom stereocenters. The number of hydrogen-bond acceptors (Lipinski definition) is 2. The molecule has 0 saturated heterocycles. The van der Waals surface area contributed by atoms with Gasteiger partial charge in [-0.1, -0.05) is 136 Å². The standard InChI is InChI=1S/C78H60N6/c1-45-20-28-65-54(37-45)55-38-46(2)21-29-66(55)81(65)75-73(63-17-12-13-36-79-63)76(82-67-30-22-47(3)39-56(67)57-40-48(4)23-31-68(57)82)78(84-71-34-26-51(7)43-60(71)61-44-52(8)27-35-72(61)84)77(74(75)64-19-14-18-62(80-64)53-15-10-9-11-16-53)83-69-32-24-49(5)41-58(69)59-42-50(6)25-33-70(59)83/h9-44H,1-8H3. The molecule has 0 radical (unpaired) electrons. The summed E-state index contributed by atoms with van der Waals surface area (Å²) in [6, 6.07) is 79.7. The number of aromatic nitrogens is 6. The van der Waals surface area contributed by atoms with Gasteiger partial charge in [-0.2, -0.15) is 0 Å². The van der Waals surface area contributed by atoms with Crippen LogP contribution in [0.3, 0.4) is 0 Å². The van der Waals surface area contributed by atoms with E-state index in [0.717, 1.165) is 101 Å². The van der Waals surface area contributed by atoms with Gasteiger partial charge in [-0.15, -0.1) is 0 Å². The normalized spacial score (nSPS) is 12.0. The summed E-state index contributed by atoms with van der Waals surface area (Å²) in [5.74, 6) is 0. The number of pyridine rings is 2. The fraction of sp³-hybridized carbons (Fsp3) is 0.103. The molecule has 0 bridgehead atoms. The number of fused-ring (bicyclic) bond motifs is 12. The third-order valence-electron chi connectivity index (χ3n) is 17.6. The Kier molecular flexibility index (Phi) is 11.0. The van der Waals surface area contributed by atoms with Crippen LogP contribution < -0.4 is 0 Å². The van der Waals surface area contributed by atoms with E-state index in [1.165, 1.54) is 87.6 Å². The van der Waals surface area contributed by atoms with E-state index < -0.39 is 0 Å². The van der Waals surface area contributed by atoms with Crippen LogP contribution in [0, 0.1) is 55.4 Å². The van der Waals surface area contributed by atoms with E-state index in [4.69, 9.17) is 9.97 Å². The van der Waals surface area contributed by atoms with E-state index in [2.05, 4.69) is 280 Å². The maximum absolute atomic E-state index is 5.98. The summed E-state index contributed by atoms with van der Waals surface area (Å²) in [5.41, 5.74) is 27.9. The number of hydrogen-bond donors (Lipinski definition) is 0. The molecule has 6 heterocycles. The SMILES string of the molecule is Cc1ccc2c(c1)c1cc(C)ccc1n2-c1c(-c2ccccn2)c(-n2c3ccc(C)cc3c3cc(C)ccc32)c(-n2c3ccc(C)cc3c3cc(C)ccc32)c(-n2c3ccc(C)cc3c3cc(C)ccc32)c1-c1cccc(-c2ccccc2)n1. The molecule has 0 atom stereocenters. The Morgan fingerprint density at radius 2 is 0.524 bits per heavy atom. The minimum Gasteiger partial charge on any atom is -0.308 e. The van der Waals surface area contributed by atoms with Gasteiger partial charge in [0.1, 0.15) is 0 Å². The highest BCUT2D eigenvalue weighted by molar-refractivity contribution is 6.19. The molecule has 0 saturated carbocycles. The van der Waals surface area contributed by atoms with Crippen LogP contribution in [0.25, 0.3) is 144 Å². The first-order chi connectivity index (χ1) is 40.9. The monoisotopic (exact) mass is 1080 g/mol. The molecule has 6 nitrogen and oxygen atoms in total. The summed E-state index contributed by atoms with van der Waals surface area (Å²) in [6.45, 7) is 17.7. The summed E-state index contributed by atoms with van der Waals surface area (Å²) in [6.07, 6.45) is 1.96. The zero-order chi connectivity index (χ0) is 56.8. The molecule has 0 aliphatic carbocycles. The van der Waals surface area contributed by atoms with Crippen LogP contribution in [0.5, 0.6) is 0 Å². The lowest BCUT2D eigenvalue weighted by Crippen LogP contribution is -2.16. The van der Waals surface area contributed by atoms with Crippen LogP contribution in [0.4, 0.5) is 0 Å². The van der Waals surface area contributed by atoms with Crippen LogP contribution >= 0.6 is 0 Å². The fourth-order valence-corrected chi connectivity index (χ4v) is 13.9. The molecule has 6 aromatic heterocycles. The summed E-state index contributed by atoms with van der Waals surface area (Å²) in [5, 5.41) is 9.50. The molecule has 0 N–H and O–H groups in total. The average Bonchev–Trinajstić information content (AvgIpc) is 1.42. The Balaban J connectivity index is 1.30. The second-order valence-electron chi connectivity index (χ2n) is 23.6. The van der Waals surface area contributed by atoms with Crippen LogP contribution in [0.15, 0.2) is 219 Å². The molecule has 84 heavy (non-hydrogen) atoms. The van der Waals surface area contributed by atoms with E-state index in [9.17, 15) is 0 Å². The molecular weight excluding hydrogens is 1020 g/mol. The summed E-state index contributed by atoms with van der Waals surface area (Å²) < 4.78 is 10.4. The van der Waals surface area contributed by atoms with Gasteiger partial charge in [-0.05, 0) is 177 Å². The first-order valence-corrected chi connectivity index (χ1v) is 29.2. The van der Waals surface area contributed by atoms with Gasteiger partial charge >= 0.3 is 0 Å². The highest BCUT2D eigenvalue weighted by atomic mass is 15.1. The van der Waals surface area contributed by atoms with Crippen LogP contribution in [-0.4, -0.2) is 28.2 Å². The quantitative estimate of drug-likeness (QED) is 0.160. The third kappa shape index (κ3) is 7.43. The smallest absolute Gasteiger partial charge is 0.0962 e. The van der Waals surface area contributed by atoms with Crippen LogP contribution in [0.2, 0.25) is 0 Å². The summed E-state index contributed by atoms with van der Waals surface area (Å²) >= 11 is 0. The number of nitrogens with zero attached hydrogens (tertiary/aromatic N) is 6. The average molecular weight is 1080 g/mol. The summed E-state index contributed by atoms with van der Waals surface area (Å²) in [7, 11) is 0. The van der Waals surface area contributed by atoms with Crippen molar-refractivity contribution in [1.82, 2.24) is 28.2 Å². The van der Waals surface area contributed by atoms with Crippen molar-refractivity contribution in [3.63, 3.8) is 0 Å². The van der Waals surface area contributed by atoms with E-state index in [1.807, 2.05) is 12.3 Å². The fourth-order valence-electron chi connectivity index (χ4n) is 13.9. The van der Waals surface area contributed by atoms with Crippen molar-refractivity contribution < 1.29 is 0 Å². The van der Waals surface area contributed by atoms with Gasteiger partial charge in [0.2, 0.25) is 0 Å². The molecule has 0 fully saturated rings. The lowest BCUT2D eigenvalue weighted by atomic mass is 9.92. The van der Waals surface area contributed by atoms with Crippen LogP contribution in [-0.2, 0) is 0 Å². The van der Waals surface area contributed by atoms with Gasteiger partial charge in [-0.3, -0.25) is 4.98 Å². The molecule has 10 aromatic carbocycles. The number of aryl methyl sites for hydroxylation is 8. The Morgan fingerprint density at radius 3 is 0.857 bits per heavy atom. The predicted molar refractivity (Wildman–Crippen MR) is 354 cm³/mol. The largest absolute Gasteiger partial charge is 0.308 e. The molecule has 16 rings (SSSR count). The molecule has 16 aromatic rings. The Morgan fingerprint density at radius 1 is 0.238 bits per heavy atom. The van der Waals surface area contributed by atoms with Gasteiger partial charge in [0, 0.05) is 54.9 Å². The van der Waals surface area contributed by atoms with Crippen molar-refractivity contribution in [3.05, 3.63) is 263 Å². The first-order valence-electron chi connectivity index (χ1n) is 29.2. The Bertz CT molecular complexity index is 5220. The first kappa shape index (κ1) is 49.5. The van der Waals surface area contributed by atoms with Crippen molar-refractivity contribution in [3.8, 4) is 56.5 Å². The van der Waals surface area contributed by atoms with Gasteiger partial charge in [0.05, 0.1) is 95.1 Å². The maximum Gasteiger partial charge on any atom is 0.0962 e. The third-order valence-corrected chi connectivity index (χ3v) is 17.6. The maximum atomic E-state index is 5.98. The van der Waals surface area contributed by atoms with E-state index in [0.29, 0.717) is 0 Å². The molecule has 6 heteroatoms. The zero-order valence-corrected chi connectivity index (χ0v) is 48.5. The topological polar surface area (TPSA) is 45.5 Å². The Labute approximate surface area is 487 Å². The van der Waals surface area contributed by atoms with E-state index >= 15 is 0 Å². The second-order valence-corrected chi connectivity index (χ2v) is 23.6. The number of rotatable bonds is 7. The predicted octanol–water partition coefficient (Wildman–Crippen LogP) is 20.3. The minimum atomic E-state index is 0.829. The van der Waals surface area contributed by atoms with Crippen LogP contribution in [0.1, 0.15) is 44.5 Å². The van der Waals surface area contributed by atoms with E-state index in [1.54, 1.807) is 0 Å². The van der Waals surface area contributed by atoms with E-state index in [-0.39, 0.29) is 0 Å². The van der Waals surface area contributed by atoms with Gasteiger partial charge in [-0.25, -0.2) is 4.98 Å². The second kappa shape index (κ2) is 18.6. The molecule has 0 amide bonds. The molecule has 402 valence electrons. The van der Waals surface area contributed by atoms with Crippen molar-refractivity contribution in [2.75, 3.05) is 0 Å². The van der Waals surface area contributed by atoms with Gasteiger partial charge in [0.25, 0.3) is 0 Å². The van der Waals surface area contributed by atoms with Gasteiger partial charge < -0.3 is 18.3 Å². The Hall–Kier alpha value is -10.3. The molecule has 0 aliphatic heterocycles. The lowest BCUT2D eigenvalue weighted by Gasteiger charge is -2.31. The summed E-state index contributed by atoms with van der Waals surface area (Å²) in [4.78, 5) is 11.6. The molecular formula is C78H60N6. The minimum absolute atomic E-state index is 0.829. The highest BCUT2D eigenvalue weighted by Gasteiger charge is 2.36. The number of benzene rings is 10. The highest BCUT2D eigenvalue weighted by Crippen LogP contribution is 2.54. The van der Waals surface area contributed by atoms with Crippen molar-refractivity contribution in [1.29, 1.82) is 0 Å². The van der Waals surface area contributed by atoms with Crippen molar-refractivity contribution in [2.24, 2.45) is 0 Å². The van der Waals surface area contributed by atoms with Crippen molar-refractivity contribution in [2.45, 2.75) is 55.4 Å². The lowest BCUT2D eigenvalue weighted by molar-refractivity contribution is 1.03. The van der Waals surface area contributed by atoms with Gasteiger partial charge in [0.15, 0.2) is 0 Å². The zero-order valence-electron chi connectivity index (χ0n) is 48.5.